The van der Waals surface area contributed by atoms with E-state index >= 15 is 0 Å². The molecule has 0 fully saturated rings. The molecule has 0 radical (unpaired) electrons. The first kappa shape index (κ1) is 20.4. The molecule has 1 aromatic carbocycles. The lowest BCUT2D eigenvalue weighted by molar-refractivity contribution is 0.683. The third kappa shape index (κ3) is 6.86. The van der Waals surface area contributed by atoms with Gasteiger partial charge in [0.15, 0.2) is 11.8 Å². The first-order valence-electron chi connectivity index (χ1n) is 8.30. The Morgan fingerprint density at radius 1 is 1.21 bits per heavy atom. The van der Waals surface area contributed by atoms with Gasteiger partial charge in [-0.3, -0.25) is 5.10 Å². The van der Waals surface area contributed by atoms with Gasteiger partial charge in [0.25, 0.3) is 0 Å². The molecule has 3 N–H and O–H groups in total. The average molecular weight is 442 g/mol. The van der Waals surface area contributed by atoms with Gasteiger partial charge >= 0.3 is 0 Å². The van der Waals surface area contributed by atoms with E-state index in [4.69, 9.17) is 0 Å². The zero-order valence-electron chi connectivity index (χ0n) is 14.4. The van der Waals surface area contributed by atoms with E-state index in [0.29, 0.717) is 6.54 Å². The molecule has 0 aliphatic heterocycles. The van der Waals surface area contributed by atoms with Gasteiger partial charge < -0.3 is 10.6 Å². The van der Waals surface area contributed by atoms with Crippen molar-refractivity contribution in [1.29, 1.82) is 0 Å². The summed E-state index contributed by atoms with van der Waals surface area (Å²) < 4.78 is 0. The minimum atomic E-state index is 0. The van der Waals surface area contributed by atoms with Crippen LogP contribution in [-0.4, -0.2) is 34.2 Å². The van der Waals surface area contributed by atoms with Crippen LogP contribution in [0.15, 0.2) is 35.6 Å². The van der Waals surface area contributed by atoms with Gasteiger partial charge in [-0.15, -0.1) is 24.0 Å². The van der Waals surface area contributed by atoms with Crippen LogP contribution in [0.2, 0.25) is 0 Å². The third-order valence-electron chi connectivity index (χ3n) is 3.45. The molecule has 132 valence electrons. The number of benzene rings is 1. The normalized spacial score (nSPS) is 11.0. The van der Waals surface area contributed by atoms with E-state index < -0.39 is 0 Å². The van der Waals surface area contributed by atoms with Gasteiger partial charge in [-0.05, 0) is 25.0 Å². The van der Waals surface area contributed by atoms with Gasteiger partial charge in [0.05, 0.1) is 6.54 Å². The van der Waals surface area contributed by atoms with E-state index in [1.165, 1.54) is 25.6 Å². The Bertz CT molecular complexity index is 597. The Labute approximate surface area is 161 Å². The molecule has 0 aliphatic carbocycles. The summed E-state index contributed by atoms with van der Waals surface area (Å²) in [5, 5.41) is 13.4. The van der Waals surface area contributed by atoms with Crippen molar-refractivity contribution in [2.75, 3.05) is 13.1 Å². The quantitative estimate of drug-likeness (QED) is 0.254. The van der Waals surface area contributed by atoms with Crippen LogP contribution in [0.25, 0.3) is 11.4 Å². The molecule has 0 spiro atoms. The lowest BCUT2D eigenvalue weighted by Crippen LogP contribution is -2.37. The number of aliphatic imine (C=N–C) groups is 1. The Morgan fingerprint density at radius 2 is 2.08 bits per heavy atom. The van der Waals surface area contributed by atoms with E-state index in [1.54, 1.807) is 0 Å². The summed E-state index contributed by atoms with van der Waals surface area (Å²) in [6.07, 6.45) is 5.15. The molecule has 0 saturated heterocycles. The highest BCUT2D eigenvalue weighted by atomic mass is 127. The van der Waals surface area contributed by atoms with Crippen molar-refractivity contribution in [3.05, 3.63) is 36.2 Å². The summed E-state index contributed by atoms with van der Waals surface area (Å²) in [5.74, 6) is 1.65. The fourth-order valence-corrected chi connectivity index (χ4v) is 2.26. The molecular weight excluding hydrogens is 415 g/mol. The number of halogens is 1. The molecule has 0 atom stereocenters. The lowest BCUT2D eigenvalue weighted by atomic mass is 10.1. The minimum absolute atomic E-state index is 0. The molecule has 0 unspecified atom stereocenters. The van der Waals surface area contributed by atoms with Crippen LogP contribution < -0.4 is 10.6 Å². The van der Waals surface area contributed by atoms with Crippen LogP contribution in [0.1, 0.15) is 38.7 Å². The van der Waals surface area contributed by atoms with Crippen molar-refractivity contribution in [3.8, 4) is 11.4 Å². The fraction of sp³-hybridized carbons (Fsp3) is 0.471. The van der Waals surface area contributed by atoms with Crippen molar-refractivity contribution in [2.45, 2.75) is 39.7 Å². The third-order valence-corrected chi connectivity index (χ3v) is 3.45. The van der Waals surface area contributed by atoms with Crippen LogP contribution in [0, 0.1) is 0 Å². The summed E-state index contributed by atoms with van der Waals surface area (Å²) in [5.41, 5.74) is 2.17. The second kappa shape index (κ2) is 11.8. The van der Waals surface area contributed by atoms with Crippen molar-refractivity contribution in [2.24, 2.45) is 4.99 Å². The van der Waals surface area contributed by atoms with Gasteiger partial charge in [-0.1, -0.05) is 38.0 Å². The van der Waals surface area contributed by atoms with Crippen molar-refractivity contribution < 1.29 is 0 Å². The number of aromatic amines is 1. The second-order valence-electron chi connectivity index (χ2n) is 5.36. The molecule has 6 nitrogen and oxygen atoms in total. The number of hydrogen-bond acceptors (Lipinski definition) is 3. The first-order valence-corrected chi connectivity index (χ1v) is 8.30. The smallest absolute Gasteiger partial charge is 0.191 e. The molecule has 2 rings (SSSR count). The largest absolute Gasteiger partial charge is 0.357 e. The number of rotatable bonds is 8. The SMILES string of the molecule is CCCCCNC(=NCc1cccc(-c2ncn[nH]2)c1)NCC.I. The van der Waals surface area contributed by atoms with E-state index in [0.717, 1.165) is 36.0 Å². The zero-order chi connectivity index (χ0) is 16.3. The number of nitrogens with zero attached hydrogens (tertiary/aromatic N) is 3. The van der Waals surface area contributed by atoms with E-state index in [-0.39, 0.29) is 24.0 Å². The molecule has 1 heterocycles. The van der Waals surface area contributed by atoms with Gasteiger partial charge in [0.1, 0.15) is 6.33 Å². The Kier molecular flexibility index (Phi) is 10.1. The summed E-state index contributed by atoms with van der Waals surface area (Å²) in [6, 6.07) is 8.20. The number of H-pyrrole nitrogens is 1. The molecule has 1 aromatic heterocycles. The predicted molar refractivity (Wildman–Crippen MR) is 110 cm³/mol. The fourth-order valence-electron chi connectivity index (χ4n) is 2.26. The van der Waals surface area contributed by atoms with Gasteiger partial charge in [-0.25, -0.2) is 9.98 Å². The lowest BCUT2D eigenvalue weighted by Gasteiger charge is -2.11. The zero-order valence-corrected chi connectivity index (χ0v) is 16.7. The molecule has 0 saturated carbocycles. The van der Waals surface area contributed by atoms with Gasteiger partial charge in [-0.2, -0.15) is 5.10 Å². The second-order valence-corrected chi connectivity index (χ2v) is 5.36. The number of aromatic nitrogens is 3. The maximum Gasteiger partial charge on any atom is 0.191 e. The molecule has 7 heteroatoms. The summed E-state index contributed by atoms with van der Waals surface area (Å²) in [6.45, 7) is 6.73. The minimum Gasteiger partial charge on any atom is -0.357 e. The van der Waals surface area contributed by atoms with E-state index in [1.807, 2.05) is 12.1 Å². The first-order chi connectivity index (χ1) is 11.3. The van der Waals surface area contributed by atoms with Gasteiger partial charge in [0, 0.05) is 18.7 Å². The summed E-state index contributed by atoms with van der Waals surface area (Å²) >= 11 is 0. The molecule has 0 bridgehead atoms. The molecule has 0 aliphatic rings. The Morgan fingerprint density at radius 3 is 2.79 bits per heavy atom. The monoisotopic (exact) mass is 442 g/mol. The van der Waals surface area contributed by atoms with E-state index in [2.05, 4.69) is 56.8 Å². The molecule has 2 aromatic rings. The van der Waals surface area contributed by atoms with Gasteiger partial charge in [0.2, 0.25) is 0 Å². The Balaban J connectivity index is 0.00000288. The van der Waals surface area contributed by atoms with Crippen LogP contribution >= 0.6 is 24.0 Å². The topological polar surface area (TPSA) is 78.0 Å². The number of unbranched alkanes of at least 4 members (excludes halogenated alkanes) is 2. The molecule has 24 heavy (non-hydrogen) atoms. The van der Waals surface area contributed by atoms with E-state index in [9.17, 15) is 0 Å². The molecular formula is C17H27IN6. The predicted octanol–water partition coefficient (Wildman–Crippen LogP) is 3.34. The number of hydrogen-bond donors (Lipinski definition) is 3. The highest BCUT2D eigenvalue weighted by Gasteiger charge is 2.02. The van der Waals surface area contributed by atoms with Crippen LogP contribution in [-0.2, 0) is 6.54 Å². The standard InChI is InChI=1S/C17H26N6.HI/c1-3-5-6-10-19-17(18-4-2)20-12-14-8-7-9-15(11-14)16-21-13-22-23-16;/h7-9,11,13H,3-6,10,12H2,1-2H3,(H2,18,19,20)(H,21,22,23);1H. The number of guanidine groups is 1. The average Bonchev–Trinajstić information content (AvgIpc) is 3.11. The Hall–Kier alpha value is -1.64. The number of nitrogens with one attached hydrogen (secondary N) is 3. The highest BCUT2D eigenvalue weighted by molar-refractivity contribution is 14.0. The molecule has 0 amide bonds. The summed E-state index contributed by atoms with van der Waals surface area (Å²) in [7, 11) is 0. The maximum atomic E-state index is 4.65. The highest BCUT2D eigenvalue weighted by Crippen LogP contribution is 2.15. The van der Waals surface area contributed by atoms with Crippen LogP contribution in [0.5, 0.6) is 0 Å². The summed E-state index contributed by atoms with van der Waals surface area (Å²) in [4.78, 5) is 8.84. The van der Waals surface area contributed by atoms with Crippen molar-refractivity contribution in [1.82, 2.24) is 25.8 Å². The van der Waals surface area contributed by atoms with Crippen LogP contribution in [0.3, 0.4) is 0 Å². The van der Waals surface area contributed by atoms with Crippen LogP contribution in [0.4, 0.5) is 0 Å². The van der Waals surface area contributed by atoms with Crippen molar-refractivity contribution >= 4 is 29.9 Å². The maximum absolute atomic E-state index is 4.65. The van der Waals surface area contributed by atoms with Crippen molar-refractivity contribution in [3.63, 3.8) is 0 Å².